The number of fused-ring (bicyclic) bond motifs is 5. The second-order valence-electron chi connectivity index (χ2n) is 12.4. The van der Waals surface area contributed by atoms with E-state index < -0.39 is 0 Å². The number of hydrogen-bond donors (Lipinski definition) is 1. The minimum Gasteiger partial charge on any atom is -0.466 e. The molecule has 4 saturated carbocycles. The third kappa shape index (κ3) is 4.48. The summed E-state index contributed by atoms with van der Waals surface area (Å²) in [4.78, 5) is 24.1. The SMILES string of the molecule is CCOC(=O)CC[C@@H](C)[C@H]1CC[C@H]2[C@@H]3[C@H](OC(C)=O)C[C@@H]4C[C@H](O)CC[C@]4(C)[C@H]3CC[C@]12C. The van der Waals surface area contributed by atoms with E-state index in [1.165, 1.54) is 25.7 Å². The van der Waals surface area contributed by atoms with Crippen LogP contribution in [0.1, 0.15) is 98.8 Å². The van der Waals surface area contributed by atoms with E-state index in [4.69, 9.17) is 9.47 Å². The fourth-order valence-electron chi connectivity index (χ4n) is 9.27. The van der Waals surface area contributed by atoms with Crippen molar-refractivity contribution >= 4 is 11.9 Å². The molecular formula is C28H46O5. The molecule has 1 N–H and O–H groups in total. The van der Waals surface area contributed by atoms with Gasteiger partial charge < -0.3 is 14.6 Å². The van der Waals surface area contributed by atoms with Crippen LogP contribution in [-0.4, -0.2) is 35.9 Å². The van der Waals surface area contributed by atoms with Gasteiger partial charge in [0.05, 0.1) is 12.7 Å². The zero-order valence-corrected chi connectivity index (χ0v) is 21.5. The quantitative estimate of drug-likeness (QED) is 0.526. The van der Waals surface area contributed by atoms with Crippen molar-refractivity contribution in [3.8, 4) is 0 Å². The molecule has 0 spiro atoms. The number of rotatable bonds is 6. The van der Waals surface area contributed by atoms with Gasteiger partial charge in [0, 0.05) is 19.3 Å². The number of aliphatic hydroxyl groups is 1. The van der Waals surface area contributed by atoms with Gasteiger partial charge in [-0.25, -0.2) is 0 Å². The van der Waals surface area contributed by atoms with Crippen LogP contribution in [-0.2, 0) is 19.1 Å². The number of carbonyl (C=O) groups excluding carboxylic acids is 2. The van der Waals surface area contributed by atoms with Gasteiger partial charge in [-0.2, -0.15) is 0 Å². The fraction of sp³-hybridized carbons (Fsp3) is 0.929. The summed E-state index contributed by atoms with van der Waals surface area (Å²) in [6.45, 7) is 11.2. The van der Waals surface area contributed by atoms with E-state index in [0.29, 0.717) is 48.5 Å². The molecule has 5 heteroatoms. The van der Waals surface area contributed by atoms with Crippen molar-refractivity contribution < 1.29 is 24.2 Å². The van der Waals surface area contributed by atoms with Gasteiger partial charge >= 0.3 is 11.9 Å². The maximum Gasteiger partial charge on any atom is 0.305 e. The third-order valence-electron chi connectivity index (χ3n) is 10.8. The average Bonchev–Trinajstić information content (AvgIpc) is 3.10. The standard InChI is InChI=1S/C28H46O5/c1-6-32-25(31)10-7-17(2)21-8-9-22-26-23(12-14-28(21,22)5)27(4)13-11-20(30)15-19(27)16-24(26)33-18(3)29/h17,19-24,26,30H,6-16H2,1-5H3/t17-,19+,20-,21-,22+,23+,24-,26+,27+,28-/m1/s1. The summed E-state index contributed by atoms with van der Waals surface area (Å²) < 4.78 is 11.2. The second kappa shape index (κ2) is 9.51. The number of esters is 2. The summed E-state index contributed by atoms with van der Waals surface area (Å²) in [6.07, 6.45) is 9.77. The average molecular weight is 463 g/mol. The first-order valence-corrected chi connectivity index (χ1v) is 13.6. The second-order valence-corrected chi connectivity index (χ2v) is 12.4. The Kier molecular flexibility index (Phi) is 7.21. The minimum absolute atomic E-state index is 0.0194. The molecule has 0 bridgehead atoms. The van der Waals surface area contributed by atoms with E-state index in [2.05, 4.69) is 20.8 Å². The lowest BCUT2D eigenvalue weighted by molar-refractivity contribution is -0.194. The van der Waals surface area contributed by atoms with Crippen molar-refractivity contribution in [3.63, 3.8) is 0 Å². The topological polar surface area (TPSA) is 72.8 Å². The van der Waals surface area contributed by atoms with Crippen molar-refractivity contribution in [2.45, 2.75) is 111 Å². The lowest BCUT2D eigenvalue weighted by Crippen LogP contribution is -2.59. The first-order valence-electron chi connectivity index (χ1n) is 13.6. The van der Waals surface area contributed by atoms with E-state index in [1.807, 2.05) is 6.92 Å². The van der Waals surface area contributed by atoms with E-state index in [1.54, 1.807) is 6.92 Å². The molecule has 0 heterocycles. The molecular weight excluding hydrogens is 416 g/mol. The molecule has 4 fully saturated rings. The van der Waals surface area contributed by atoms with Gasteiger partial charge in [0.1, 0.15) is 6.10 Å². The minimum atomic E-state index is -0.206. The van der Waals surface area contributed by atoms with E-state index in [9.17, 15) is 14.7 Å². The van der Waals surface area contributed by atoms with Crippen molar-refractivity contribution in [1.29, 1.82) is 0 Å². The Morgan fingerprint density at radius 3 is 2.42 bits per heavy atom. The first-order chi connectivity index (χ1) is 15.6. The molecule has 0 aromatic rings. The van der Waals surface area contributed by atoms with Crippen molar-refractivity contribution in [2.24, 2.45) is 46.3 Å². The van der Waals surface area contributed by atoms with Crippen molar-refractivity contribution in [3.05, 3.63) is 0 Å². The zero-order valence-electron chi connectivity index (χ0n) is 21.5. The van der Waals surface area contributed by atoms with Crippen LogP contribution in [0.15, 0.2) is 0 Å². The lowest BCUT2D eigenvalue weighted by atomic mass is 9.43. The number of aliphatic hydroxyl groups excluding tert-OH is 1. The highest BCUT2D eigenvalue weighted by molar-refractivity contribution is 5.69. The predicted octanol–water partition coefficient (Wildman–Crippen LogP) is 5.53. The number of ether oxygens (including phenoxy) is 2. The van der Waals surface area contributed by atoms with Crippen molar-refractivity contribution in [1.82, 2.24) is 0 Å². The van der Waals surface area contributed by atoms with E-state index >= 15 is 0 Å². The lowest BCUT2D eigenvalue weighted by Gasteiger charge is -2.62. The van der Waals surface area contributed by atoms with Gasteiger partial charge in [-0.05, 0) is 105 Å². The highest BCUT2D eigenvalue weighted by atomic mass is 16.5. The maximum atomic E-state index is 12.1. The third-order valence-corrected chi connectivity index (χ3v) is 10.8. The van der Waals surface area contributed by atoms with E-state index in [0.717, 1.165) is 32.1 Å². The molecule has 33 heavy (non-hydrogen) atoms. The molecule has 188 valence electrons. The van der Waals surface area contributed by atoms with Gasteiger partial charge in [0.15, 0.2) is 0 Å². The van der Waals surface area contributed by atoms with Gasteiger partial charge in [0.25, 0.3) is 0 Å². The molecule has 0 saturated heterocycles. The zero-order chi connectivity index (χ0) is 24.0. The van der Waals surface area contributed by atoms with Crippen LogP contribution in [0.25, 0.3) is 0 Å². The molecule has 4 rings (SSSR count). The summed E-state index contributed by atoms with van der Waals surface area (Å²) in [5, 5.41) is 10.4. The number of carbonyl (C=O) groups is 2. The maximum absolute atomic E-state index is 12.1. The highest BCUT2D eigenvalue weighted by Gasteiger charge is 2.63. The molecule has 4 aliphatic carbocycles. The van der Waals surface area contributed by atoms with Crippen LogP contribution in [0.3, 0.4) is 0 Å². The Morgan fingerprint density at radius 2 is 1.73 bits per heavy atom. The molecule has 0 amide bonds. The summed E-state index contributed by atoms with van der Waals surface area (Å²) in [5.74, 6) is 2.86. The molecule has 0 unspecified atom stereocenters. The van der Waals surface area contributed by atoms with Crippen molar-refractivity contribution in [2.75, 3.05) is 6.61 Å². The predicted molar refractivity (Wildman–Crippen MR) is 127 cm³/mol. The Morgan fingerprint density at radius 1 is 1.03 bits per heavy atom. The van der Waals surface area contributed by atoms with Crippen LogP contribution in [0.5, 0.6) is 0 Å². The van der Waals surface area contributed by atoms with Gasteiger partial charge in [-0.15, -0.1) is 0 Å². The summed E-state index contributed by atoms with van der Waals surface area (Å²) in [5.41, 5.74) is 0.487. The summed E-state index contributed by atoms with van der Waals surface area (Å²) in [7, 11) is 0. The summed E-state index contributed by atoms with van der Waals surface area (Å²) in [6, 6.07) is 0. The largest absolute Gasteiger partial charge is 0.466 e. The molecule has 0 aromatic carbocycles. The van der Waals surface area contributed by atoms with Crippen LogP contribution in [0.4, 0.5) is 0 Å². The van der Waals surface area contributed by atoms with Crippen LogP contribution < -0.4 is 0 Å². The molecule has 0 aromatic heterocycles. The normalized spacial score (nSPS) is 45.3. The van der Waals surface area contributed by atoms with Gasteiger partial charge in [-0.3, -0.25) is 9.59 Å². The monoisotopic (exact) mass is 462 g/mol. The fourth-order valence-corrected chi connectivity index (χ4v) is 9.27. The Labute approximate surface area is 200 Å². The Hall–Kier alpha value is -1.10. The van der Waals surface area contributed by atoms with Gasteiger partial charge in [0.2, 0.25) is 0 Å². The van der Waals surface area contributed by atoms with Gasteiger partial charge in [-0.1, -0.05) is 20.8 Å². The smallest absolute Gasteiger partial charge is 0.305 e. The first kappa shape index (κ1) is 25.0. The Bertz CT molecular complexity index is 736. The van der Waals surface area contributed by atoms with Crippen LogP contribution in [0.2, 0.25) is 0 Å². The number of hydrogen-bond acceptors (Lipinski definition) is 5. The van der Waals surface area contributed by atoms with Crippen LogP contribution in [0, 0.1) is 46.3 Å². The molecule has 0 aliphatic heterocycles. The molecule has 10 atom stereocenters. The molecule has 4 aliphatic rings. The molecule has 0 radical (unpaired) electrons. The summed E-state index contributed by atoms with van der Waals surface area (Å²) >= 11 is 0. The Balaban J connectivity index is 1.56. The van der Waals surface area contributed by atoms with E-state index in [-0.39, 0.29) is 35.0 Å². The molecule has 5 nitrogen and oxygen atoms in total. The van der Waals surface area contributed by atoms with Crippen LogP contribution >= 0.6 is 0 Å². The highest BCUT2D eigenvalue weighted by Crippen LogP contribution is 2.68.